The van der Waals surface area contributed by atoms with Crippen LogP contribution >= 0.6 is 11.8 Å². The van der Waals surface area contributed by atoms with Crippen LogP contribution in [0.4, 0.5) is 10.5 Å². The predicted octanol–water partition coefficient (Wildman–Crippen LogP) is 5.22. The Morgan fingerprint density at radius 2 is 1.92 bits per heavy atom. The van der Waals surface area contributed by atoms with E-state index in [-0.39, 0.29) is 6.03 Å². The van der Waals surface area contributed by atoms with Crippen LogP contribution in [0.3, 0.4) is 0 Å². The highest BCUT2D eigenvalue weighted by Gasteiger charge is 2.14. The van der Waals surface area contributed by atoms with E-state index in [0.717, 1.165) is 29.3 Å². The molecule has 0 spiro atoms. The molecule has 1 aromatic heterocycles. The van der Waals surface area contributed by atoms with Gasteiger partial charge in [-0.1, -0.05) is 43.9 Å². The molecule has 1 saturated carbocycles. The molecule has 0 unspecified atom stereocenters. The van der Waals surface area contributed by atoms with E-state index < -0.39 is 0 Å². The van der Waals surface area contributed by atoms with Crippen LogP contribution < -0.4 is 10.6 Å². The lowest BCUT2D eigenvalue weighted by molar-refractivity contribution is 0.247. The molecule has 2 N–H and O–H groups in total. The number of thioether (sulfide) groups is 1. The molecule has 2 aromatic rings. The maximum absolute atomic E-state index is 12.2. The number of benzene rings is 1. The largest absolute Gasteiger partial charge is 0.335 e. The number of pyridine rings is 1. The number of anilines is 1. The van der Waals surface area contributed by atoms with Crippen molar-refractivity contribution in [2.75, 3.05) is 5.32 Å². The van der Waals surface area contributed by atoms with Crippen molar-refractivity contribution in [2.45, 2.75) is 55.3 Å². The normalized spacial score (nSPS) is 15.4. The Kier molecular flexibility index (Phi) is 6.74. The van der Waals surface area contributed by atoms with Crippen molar-refractivity contribution >= 4 is 23.5 Å². The van der Waals surface area contributed by atoms with Gasteiger partial charge in [0.15, 0.2) is 0 Å². The summed E-state index contributed by atoms with van der Waals surface area (Å²) in [6.07, 6.45) is 8.99. The van der Waals surface area contributed by atoms with Gasteiger partial charge in [-0.25, -0.2) is 9.78 Å². The van der Waals surface area contributed by atoms with Gasteiger partial charge in [-0.2, -0.15) is 0 Å². The average Bonchev–Trinajstić information content (AvgIpc) is 2.90. The highest BCUT2D eigenvalue weighted by molar-refractivity contribution is 7.98. The highest BCUT2D eigenvalue weighted by Crippen LogP contribution is 2.22. The zero-order valence-corrected chi connectivity index (χ0v) is 15.2. The van der Waals surface area contributed by atoms with Crippen LogP contribution in [0.15, 0.2) is 53.7 Å². The molecule has 2 amide bonds. The Balaban J connectivity index is 1.51. The van der Waals surface area contributed by atoms with Crippen molar-refractivity contribution in [3.8, 4) is 0 Å². The molecule has 132 valence electrons. The fraction of sp³-hybridized carbons (Fsp3) is 0.400. The number of carbonyl (C=O) groups is 1. The molecule has 25 heavy (non-hydrogen) atoms. The molecule has 1 aromatic carbocycles. The fourth-order valence-corrected chi connectivity index (χ4v) is 3.91. The second kappa shape index (κ2) is 9.47. The summed E-state index contributed by atoms with van der Waals surface area (Å²) in [7, 11) is 0. The zero-order valence-electron chi connectivity index (χ0n) is 14.4. The van der Waals surface area contributed by atoms with E-state index in [1.807, 2.05) is 36.4 Å². The molecular formula is C20H25N3OS. The van der Waals surface area contributed by atoms with Gasteiger partial charge in [-0.3, -0.25) is 0 Å². The minimum absolute atomic E-state index is 0.0959. The van der Waals surface area contributed by atoms with Gasteiger partial charge in [0.1, 0.15) is 0 Å². The van der Waals surface area contributed by atoms with E-state index in [1.54, 1.807) is 18.0 Å². The van der Waals surface area contributed by atoms with Crippen LogP contribution in [0.1, 0.15) is 44.1 Å². The van der Waals surface area contributed by atoms with Gasteiger partial charge < -0.3 is 10.6 Å². The van der Waals surface area contributed by atoms with Crippen molar-refractivity contribution in [3.63, 3.8) is 0 Å². The molecule has 1 fully saturated rings. The minimum atomic E-state index is -0.0959. The first kappa shape index (κ1) is 17.8. The average molecular weight is 356 g/mol. The van der Waals surface area contributed by atoms with Crippen LogP contribution in [0, 0.1) is 0 Å². The number of aromatic nitrogens is 1. The van der Waals surface area contributed by atoms with Crippen LogP contribution in [0.2, 0.25) is 0 Å². The Labute approximate surface area is 153 Å². The molecule has 1 heterocycles. The summed E-state index contributed by atoms with van der Waals surface area (Å²) < 4.78 is 0. The molecule has 0 aliphatic heterocycles. The van der Waals surface area contributed by atoms with Gasteiger partial charge in [-0.05, 0) is 42.7 Å². The third kappa shape index (κ3) is 6.09. The van der Waals surface area contributed by atoms with Crippen molar-refractivity contribution in [3.05, 3.63) is 54.2 Å². The predicted molar refractivity (Wildman–Crippen MR) is 104 cm³/mol. The summed E-state index contributed by atoms with van der Waals surface area (Å²) in [5.74, 6) is 0.830. The van der Waals surface area contributed by atoms with Gasteiger partial charge in [0.2, 0.25) is 0 Å². The lowest BCUT2D eigenvalue weighted by Gasteiger charge is -2.17. The second-order valence-electron chi connectivity index (χ2n) is 6.44. The molecule has 5 heteroatoms. The van der Waals surface area contributed by atoms with Crippen molar-refractivity contribution in [1.82, 2.24) is 10.3 Å². The van der Waals surface area contributed by atoms with Gasteiger partial charge in [0.25, 0.3) is 0 Å². The van der Waals surface area contributed by atoms with Crippen molar-refractivity contribution in [2.24, 2.45) is 0 Å². The number of rotatable bonds is 5. The lowest BCUT2D eigenvalue weighted by atomic mass is 10.1. The lowest BCUT2D eigenvalue weighted by Crippen LogP contribution is -2.37. The highest BCUT2D eigenvalue weighted by atomic mass is 32.2. The Morgan fingerprint density at radius 3 is 2.68 bits per heavy atom. The number of hydrogen-bond acceptors (Lipinski definition) is 3. The second-order valence-corrected chi connectivity index (χ2v) is 7.44. The summed E-state index contributed by atoms with van der Waals surface area (Å²) in [6.45, 7) is 0. The first-order chi connectivity index (χ1) is 12.3. The van der Waals surface area contributed by atoms with E-state index >= 15 is 0 Å². The minimum Gasteiger partial charge on any atom is -0.335 e. The third-order valence-corrected chi connectivity index (χ3v) is 5.41. The van der Waals surface area contributed by atoms with E-state index in [1.165, 1.54) is 31.2 Å². The first-order valence-corrected chi connectivity index (χ1v) is 9.98. The summed E-state index contributed by atoms with van der Waals surface area (Å²) in [5.41, 5.74) is 2.01. The van der Waals surface area contributed by atoms with Crippen molar-refractivity contribution < 1.29 is 4.79 Å². The standard InChI is InChI=1S/C20H25N3OS/c24-20(22-17-9-3-1-2-4-10-17)23-18-11-7-8-16(14-18)15-25-19-12-5-6-13-21-19/h5-8,11-14,17H,1-4,9-10,15H2,(H2,22,23,24). The molecule has 0 atom stereocenters. The zero-order chi connectivity index (χ0) is 17.3. The monoisotopic (exact) mass is 355 g/mol. The van der Waals surface area contributed by atoms with Crippen LogP contribution in [0.5, 0.6) is 0 Å². The van der Waals surface area contributed by atoms with Gasteiger partial charge >= 0.3 is 6.03 Å². The smallest absolute Gasteiger partial charge is 0.319 e. The third-order valence-electron chi connectivity index (χ3n) is 4.40. The quantitative estimate of drug-likeness (QED) is 0.571. The maximum Gasteiger partial charge on any atom is 0.319 e. The topological polar surface area (TPSA) is 54.0 Å². The van der Waals surface area contributed by atoms with Gasteiger partial charge in [0.05, 0.1) is 5.03 Å². The van der Waals surface area contributed by atoms with Crippen molar-refractivity contribution in [1.29, 1.82) is 0 Å². The molecule has 3 rings (SSSR count). The summed E-state index contributed by atoms with van der Waals surface area (Å²) >= 11 is 1.69. The summed E-state index contributed by atoms with van der Waals surface area (Å²) in [4.78, 5) is 16.6. The number of amides is 2. The summed E-state index contributed by atoms with van der Waals surface area (Å²) in [6, 6.07) is 14.1. The van der Waals surface area contributed by atoms with Crippen LogP contribution in [-0.4, -0.2) is 17.1 Å². The van der Waals surface area contributed by atoms with E-state index in [2.05, 4.69) is 21.7 Å². The van der Waals surface area contributed by atoms with E-state index in [9.17, 15) is 4.79 Å². The molecule has 0 saturated heterocycles. The molecule has 0 bridgehead atoms. The van der Waals surface area contributed by atoms with E-state index in [0.29, 0.717) is 6.04 Å². The van der Waals surface area contributed by atoms with Crippen LogP contribution in [-0.2, 0) is 5.75 Å². The fourth-order valence-electron chi connectivity index (χ4n) is 3.10. The number of urea groups is 1. The molecule has 1 aliphatic carbocycles. The van der Waals surface area contributed by atoms with Gasteiger partial charge in [0, 0.05) is 23.7 Å². The Hall–Kier alpha value is -2.01. The molecular weight excluding hydrogens is 330 g/mol. The summed E-state index contributed by atoms with van der Waals surface area (Å²) in [5, 5.41) is 7.10. The SMILES string of the molecule is O=C(Nc1cccc(CSc2ccccn2)c1)NC1CCCCCC1. The number of carbonyl (C=O) groups excluding carboxylic acids is 1. The first-order valence-electron chi connectivity index (χ1n) is 9.00. The molecule has 1 aliphatic rings. The van der Waals surface area contributed by atoms with Crippen LogP contribution in [0.25, 0.3) is 0 Å². The van der Waals surface area contributed by atoms with E-state index in [4.69, 9.17) is 0 Å². The number of nitrogens with zero attached hydrogens (tertiary/aromatic N) is 1. The molecule has 4 nitrogen and oxygen atoms in total. The Morgan fingerprint density at radius 1 is 1.08 bits per heavy atom. The number of nitrogens with one attached hydrogen (secondary N) is 2. The maximum atomic E-state index is 12.2. The molecule has 0 radical (unpaired) electrons. The van der Waals surface area contributed by atoms with Gasteiger partial charge in [-0.15, -0.1) is 11.8 Å². The number of hydrogen-bond donors (Lipinski definition) is 2. The Bertz CT molecular complexity index is 670.